The number of rotatable bonds is 11. The molecule has 2 heterocycles. The number of aliphatic hydroxyl groups is 1. The Morgan fingerprint density at radius 2 is 1.90 bits per heavy atom. The van der Waals surface area contributed by atoms with Crippen LogP contribution in [0.25, 0.3) is 0 Å². The first kappa shape index (κ1) is 29.7. The van der Waals surface area contributed by atoms with Crippen molar-refractivity contribution >= 4 is 21.7 Å². The Kier molecular flexibility index (Phi) is 9.08. The molecule has 4 rings (SSSR count). The van der Waals surface area contributed by atoms with Crippen molar-refractivity contribution in [3.05, 3.63) is 101 Å². The second kappa shape index (κ2) is 12.5. The van der Waals surface area contributed by atoms with Gasteiger partial charge in [-0.2, -0.15) is 13.7 Å². The number of nitriles is 1. The fourth-order valence-electron chi connectivity index (χ4n) is 5.27. The molecule has 0 fully saturated rings. The number of halogens is 1. The minimum Gasteiger partial charge on any atom is -0.512 e. The van der Waals surface area contributed by atoms with Gasteiger partial charge >= 0.3 is 5.97 Å². The van der Waals surface area contributed by atoms with Gasteiger partial charge in [-0.3, -0.25) is 4.72 Å². The molecule has 0 saturated heterocycles. The predicted octanol–water partition coefficient (Wildman–Crippen LogP) is 6.32. The number of hydrogen-bond acceptors (Lipinski definition) is 7. The molecular formula is C31H32FN3O5S. The average molecular weight is 578 g/mol. The van der Waals surface area contributed by atoms with Gasteiger partial charge in [0.2, 0.25) is 0 Å². The van der Waals surface area contributed by atoms with Crippen LogP contribution in [-0.2, 0) is 26.0 Å². The Labute approximate surface area is 239 Å². The SMILES string of the molecule is CCCC1(CCc2ccc(F)cc2)CC(O)=C(C(CC)c2cccc(NS(=O)(=O)c3ccc(C#N)cn3)c2)C(=O)O1. The summed E-state index contributed by atoms with van der Waals surface area (Å²) in [5.41, 5.74) is 1.33. The molecule has 1 aromatic heterocycles. The predicted molar refractivity (Wildman–Crippen MR) is 152 cm³/mol. The molecule has 10 heteroatoms. The van der Waals surface area contributed by atoms with E-state index in [1.807, 2.05) is 19.9 Å². The number of esters is 1. The number of sulfonamides is 1. The van der Waals surface area contributed by atoms with Gasteiger partial charge in [-0.05, 0) is 73.2 Å². The lowest BCUT2D eigenvalue weighted by atomic mass is 9.80. The van der Waals surface area contributed by atoms with Crippen LogP contribution in [0.3, 0.4) is 0 Å². The molecule has 8 nitrogen and oxygen atoms in total. The van der Waals surface area contributed by atoms with E-state index in [4.69, 9.17) is 10.00 Å². The molecule has 2 aromatic carbocycles. The third-order valence-corrected chi connectivity index (χ3v) is 8.55. The highest BCUT2D eigenvalue weighted by Gasteiger charge is 2.43. The Hall–Kier alpha value is -4.23. The number of benzene rings is 2. The fraction of sp³-hybridized carbons (Fsp3) is 0.323. The quantitative estimate of drug-likeness (QED) is 0.255. The summed E-state index contributed by atoms with van der Waals surface area (Å²) < 4.78 is 47.6. The Bertz CT molecular complexity index is 1580. The van der Waals surface area contributed by atoms with Crippen LogP contribution in [0.4, 0.5) is 10.1 Å². The maximum atomic E-state index is 13.4. The summed E-state index contributed by atoms with van der Waals surface area (Å²) in [5.74, 6) is -1.48. The van der Waals surface area contributed by atoms with Crippen LogP contribution in [0.1, 0.15) is 68.6 Å². The van der Waals surface area contributed by atoms with Crippen molar-refractivity contribution in [3.8, 4) is 6.07 Å². The number of aromatic nitrogens is 1. The second-order valence-electron chi connectivity index (χ2n) is 10.2. The maximum Gasteiger partial charge on any atom is 0.338 e. The van der Waals surface area contributed by atoms with E-state index in [2.05, 4.69) is 9.71 Å². The molecule has 0 bridgehead atoms. The lowest BCUT2D eigenvalue weighted by molar-refractivity contribution is -0.161. The number of carbonyl (C=O) groups is 1. The van der Waals surface area contributed by atoms with Crippen molar-refractivity contribution in [3.63, 3.8) is 0 Å². The molecule has 0 spiro atoms. The molecule has 2 N–H and O–H groups in total. The zero-order valence-electron chi connectivity index (χ0n) is 22.9. The molecule has 0 saturated carbocycles. The molecule has 0 radical (unpaired) electrons. The van der Waals surface area contributed by atoms with Gasteiger partial charge in [-0.15, -0.1) is 0 Å². The number of anilines is 1. The van der Waals surface area contributed by atoms with E-state index in [1.54, 1.807) is 36.4 Å². The van der Waals surface area contributed by atoms with Gasteiger partial charge in [-0.1, -0.05) is 44.5 Å². The molecule has 3 aromatic rings. The first-order valence-corrected chi connectivity index (χ1v) is 15.0. The van der Waals surface area contributed by atoms with E-state index >= 15 is 0 Å². The summed E-state index contributed by atoms with van der Waals surface area (Å²) in [6.07, 6.45) is 4.15. The van der Waals surface area contributed by atoms with E-state index in [0.717, 1.165) is 12.0 Å². The number of carbonyl (C=O) groups excluding carboxylic acids is 1. The Balaban J connectivity index is 1.57. The molecule has 1 aliphatic heterocycles. The van der Waals surface area contributed by atoms with E-state index in [1.165, 1.54) is 30.5 Å². The van der Waals surface area contributed by atoms with Crippen LogP contribution in [0, 0.1) is 17.1 Å². The van der Waals surface area contributed by atoms with Crippen molar-refractivity contribution in [2.24, 2.45) is 0 Å². The first-order chi connectivity index (χ1) is 19.6. The highest BCUT2D eigenvalue weighted by molar-refractivity contribution is 7.92. The van der Waals surface area contributed by atoms with Gasteiger partial charge < -0.3 is 9.84 Å². The van der Waals surface area contributed by atoms with E-state index in [-0.39, 0.29) is 39.8 Å². The third-order valence-electron chi connectivity index (χ3n) is 7.26. The van der Waals surface area contributed by atoms with Crippen LogP contribution >= 0.6 is 0 Å². The smallest absolute Gasteiger partial charge is 0.338 e. The van der Waals surface area contributed by atoms with Crippen LogP contribution in [0.5, 0.6) is 0 Å². The number of aryl methyl sites for hydroxylation is 1. The standard InChI is InChI=1S/C31H32FN3O5S/c1-3-15-31(16-14-21-8-11-24(32)12-9-21)18-27(36)29(30(37)40-31)26(4-2)23-6-5-7-25(17-23)35-41(38,39)28-13-10-22(19-33)20-34-28/h5-13,17,20,26,35-36H,3-4,14-16,18H2,1-2H3. The number of ether oxygens (including phenoxy) is 1. The summed E-state index contributed by atoms with van der Waals surface area (Å²) in [5, 5.41) is 19.9. The average Bonchev–Trinajstić information content (AvgIpc) is 2.95. The number of nitrogens with one attached hydrogen (secondary N) is 1. The summed E-state index contributed by atoms with van der Waals surface area (Å²) in [6.45, 7) is 3.86. The van der Waals surface area contributed by atoms with Crippen molar-refractivity contribution in [1.82, 2.24) is 4.98 Å². The van der Waals surface area contributed by atoms with Crippen LogP contribution in [-0.4, -0.2) is 30.1 Å². The van der Waals surface area contributed by atoms with Crippen LogP contribution in [0.15, 0.2) is 83.2 Å². The summed E-state index contributed by atoms with van der Waals surface area (Å²) in [6, 6.07) is 17.3. The fourth-order valence-corrected chi connectivity index (χ4v) is 6.25. The molecule has 0 aliphatic carbocycles. The monoisotopic (exact) mass is 577 g/mol. The van der Waals surface area contributed by atoms with Crippen LogP contribution < -0.4 is 4.72 Å². The van der Waals surface area contributed by atoms with Gasteiger partial charge in [0, 0.05) is 24.2 Å². The molecule has 214 valence electrons. The number of aliphatic hydroxyl groups excluding tert-OH is 1. The number of nitrogens with zero attached hydrogens (tertiary/aromatic N) is 2. The van der Waals surface area contributed by atoms with Crippen molar-refractivity contribution in [2.45, 2.75) is 68.9 Å². The van der Waals surface area contributed by atoms with Crippen molar-refractivity contribution in [1.29, 1.82) is 5.26 Å². The van der Waals surface area contributed by atoms with Gasteiger partial charge in [0.05, 0.1) is 11.1 Å². The molecule has 1 aliphatic rings. The number of pyridine rings is 1. The Morgan fingerprint density at radius 3 is 2.51 bits per heavy atom. The minimum absolute atomic E-state index is 0.0339. The summed E-state index contributed by atoms with van der Waals surface area (Å²) in [7, 11) is -4.03. The summed E-state index contributed by atoms with van der Waals surface area (Å²) in [4.78, 5) is 17.3. The number of cyclic esters (lactones) is 1. The topological polar surface area (TPSA) is 129 Å². The van der Waals surface area contributed by atoms with Crippen molar-refractivity contribution in [2.75, 3.05) is 4.72 Å². The summed E-state index contributed by atoms with van der Waals surface area (Å²) >= 11 is 0. The maximum absolute atomic E-state index is 13.4. The van der Waals surface area contributed by atoms with Gasteiger partial charge in [0.15, 0.2) is 5.03 Å². The lowest BCUT2D eigenvalue weighted by Gasteiger charge is -2.38. The molecule has 2 unspecified atom stereocenters. The van der Waals surface area contributed by atoms with Crippen molar-refractivity contribution < 1.29 is 27.4 Å². The Morgan fingerprint density at radius 1 is 1.15 bits per heavy atom. The van der Waals surface area contributed by atoms with E-state index in [9.17, 15) is 22.7 Å². The highest BCUT2D eigenvalue weighted by Crippen LogP contribution is 2.42. The van der Waals surface area contributed by atoms with E-state index in [0.29, 0.717) is 31.2 Å². The van der Waals surface area contributed by atoms with E-state index < -0.39 is 27.5 Å². The highest BCUT2D eigenvalue weighted by atomic mass is 32.2. The lowest BCUT2D eigenvalue weighted by Crippen LogP contribution is -2.41. The molecular weight excluding hydrogens is 545 g/mol. The van der Waals surface area contributed by atoms with Crippen LogP contribution in [0.2, 0.25) is 0 Å². The number of hydrogen-bond donors (Lipinski definition) is 2. The zero-order valence-corrected chi connectivity index (χ0v) is 23.7. The minimum atomic E-state index is -4.03. The van der Waals surface area contributed by atoms with Gasteiger partial charge in [0.25, 0.3) is 10.0 Å². The largest absolute Gasteiger partial charge is 0.512 e. The molecule has 41 heavy (non-hydrogen) atoms. The first-order valence-electron chi connectivity index (χ1n) is 13.5. The second-order valence-corrected chi connectivity index (χ2v) is 11.8. The molecule has 2 atom stereocenters. The van der Waals surface area contributed by atoms with Gasteiger partial charge in [-0.25, -0.2) is 14.2 Å². The third kappa shape index (κ3) is 6.92. The molecule has 0 amide bonds. The zero-order chi connectivity index (χ0) is 29.6. The van der Waals surface area contributed by atoms with Gasteiger partial charge in [0.1, 0.15) is 23.2 Å². The normalized spacial score (nSPS) is 18.0.